The van der Waals surface area contributed by atoms with Gasteiger partial charge in [-0.15, -0.1) is 0 Å². The molecule has 0 saturated carbocycles. The number of pyridine rings is 1. The van der Waals surface area contributed by atoms with Gasteiger partial charge in [0.2, 0.25) is 0 Å². The number of rotatable bonds is 8. The van der Waals surface area contributed by atoms with Crippen molar-refractivity contribution in [3.8, 4) is 0 Å². The third-order valence-electron chi connectivity index (χ3n) is 7.64. The van der Waals surface area contributed by atoms with Crippen LogP contribution < -0.4 is 9.47 Å². The van der Waals surface area contributed by atoms with Crippen molar-refractivity contribution < 1.29 is 24.0 Å². The van der Waals surface area contributed by atoms with Crippen molar-refractivity contribution in [3.05, 3.63) is 88.9 Å². The number of nitrogens with zero attached hydrogens (tertiary/aromatic N) is 2. The van der Waals surface area contributed by atoms with Crippen LogP contribution in [0.15, 0.2) is 77.8 Å². The lowest BCUT2D eigenvalue weighted by molar-refractivity contribution is -0.671. The van der Waals surface area contributed by atoms with Crippen LogP contribution in [0.1, 0.15) is 56.6 Å². The molecule has 4 heterocycles. The molecule has 5 rings (SSSR count). The number of benzene rings is 1. The van der Waals surface area contributed by atoms with Crippen molar-refractivity contribution in [3.63, 3.8) is 0 Å². The van der Waals surface area contributed by atoms with Gasteiger partial charge in [-0.2, -0.15) is 0 Å². The van der Waals surface area contributed by atoms with E-state index in [0.29, 0.717) is 12.0 Å². The summed E-state index contributed by atoms with van der Waals surface area (Å²) in [5.41, 5.74) is 6.19. The third kappa shape index (κ3) is 4.48. The summed E-state index contributed by atoms with van der Waals surface area (Å²) in [5, 5.41) is 9.00. The van der Waals surface area contributed by atoms with Gasteiger partial charge in [0.05, 0.1) is 5.57 Å². The van der Waals surface area contributed by atoms with Gasteiger partial charge in [-0.3, -0.25) is 4.79 Å². The quantitative estimate of drug-likeness (QED) is 0.329. The number of aryl methyl sites for hydroxylation is 1. The first-order valence-corrected chi connectivity index (χ1v) is 12.8. The molecule has 1 aromatic carbocycles. The monoisotopic (exact) mass is 485 g/mol. The molecule has 0 amide bonds. The molecule has 0 spiro atoms. The first-order valence-electron chi connectivity index (χ1n) is 12.8. The zero-order chi connectivity index (χ0) is 25.3. The van der Waals surface area contributed by atoms with Crippen LogP contribution in [0.5, 0.6) is 0 Å². The van der Waals surface area contributed by atoms with Crippen LogP contribution >= 0.6 is 0 Å². The van der Waals surface area contributed by atoms with Gasteiger partial charge >= 0.3 is 11.9 Å². The van der Waals surface area contributed by atoms with E-state index in [-0.39, 0.29) is 23.9 Å². The highest BCUT2D eigenvalue weighted by Gasteiger charge is 2.48. The largest absolute Gasteiger partial charge is 0.481 e. The van der Waals surface area contributed by atoms with Crippen LogP contribution in [0, 0.1) is 0 Å². The maximum Gasteiger partial charge on any atom is 0.338 e. The number of anilines is 1. The van der Waals surface area contributed by atoms with Crippen LogP contribution in [0.25, 0.3) is 6.08 Å². The predicted octanol–water partition coefficient (Wildman–Crippen LogP) is 4.85. The van der Waals surface area contributed by atoms with Crippen LogP contribution in [-0.4, -0.2) is 29.7 Å². The fourth-order valence-electron chi connectivity index (χ4n) is 5.80. The second kappa shape index (κ2) is 9.76. The number of carbonyl (C=O) groups excluding carboxylic acids is 1. The minimum Gasteiger partial charge on any atom is -0.481 e. The van der Waals surface area contributed by atoms with Crippen molar-refractivity contribution in [1.82, 2.24) is 0 Å². The molecular formula is C30H33N2O4+. The first kappa shape index (κ1) is 24.0. The highest BCUT2D eigenvalue weighted by atomic mass is 16.5. The lowest BCUT2D eigenvalue weighted by Crippen LogP contribution is -2.41. The normalized spacial score (nSPS) is 22.7. The van der Waals surface area contributed by atoms with Crippen molar-refractivity contribution in [2.45, 2.75) is 57.0 Å². The van der Waals surface area contributed by atoms with E-state index in [1.54, 1.807) is 0 Å². The second-order valence-electron chi connectivity index (χ2n) is 10.2. The summed E-state index contributed by atoms with van der Waals surface area (Å²) < 4.78 is 7.94. The number of hydrogen-bond donors (Lipinski definition) is 1. The molecule has 6 nitrogen and oxygen atoms in total. The number of hydrogen-bond acceptors (Lipinski definition) is 4. The summed E-state index contributed by atoms with van der Waals surface area (Å²) in [7, 11) is 1.97. The molecule has 0 fully saturated rings. The summed E-state index contributed by atoms with van der Waals surface area (Å²) in [6.45, 7) is 3.10. The van der Waals surface area contributed by atoms with Crippen LogP contribution in [0.3, 0.4) is 0 Å². The van der Waals surface area contributed by atoms with Crippen molar-refractivity contribution >= 4 is 23.7 Å². The SMILES string of the molecule is C[n+]1ccc(/C=C/C2=CC3=C4N(CCC3OC2=O)c2ccccc2C4(C)CCCCCC(=O)O)cc1. The Kier molecular flexibility index (Phi) is 6.52. The summed E-state index contributed by atoms with van der Waals surface area (Å²) in [6, 6.07) is 12.6. The molecule has 1 N–H and O–H groups in total. The first-order chi connectivity index (χ1) is 17.4. The maximum absolute atomic E-state index is 12.9. The molecule has 2 unspecified atom stereocenters. The summed E-state index contributed by atoms with van der Waals surface area (Å²) >= 11 is 0. The van der Waals surface area contributed by atoms with Crippen molar-refractivity contribution in [2.75, 3.05) is 11.4 Å². The van der Waals surface area contributed by atoms with Gasteiger partial charge in [0.15, 0.2) is 12.4 Å². The lowest BCUT2D eigenvalue weighted by Gasteiger charge is -2.40. The minimum atomic E-state index is -0.738. The van der Waals surface area contributed by atoms with Gasteiger partial charge in [-0.25, -0.2) is 9.36 Å². The molecule has 2 aromatic rings. The third-order valence-corrected chi connectivity index (χ3v) is 7.64. The number of carboxylic acids is 1. The van der Waals surface area contributed by atoms with E-state index in [1.807, 2.05) is 54.4 Å². The number of unbranched alkanes of at least 4 members (excludes halogenated alkanes) is 2. The fourth-order valence-corrected chi connectivity index (χ4v) is 5.80. The standard InChI is InChI=1S/C30H32N2O4/c1-30(16-7-3-4-10-27(33)34)24-8-5-6-9-25(24)32-19-15-26-23(28(30)32)20-22(29(35)36-26)12-11-21-13-17-31(2)18-14-21/h5-6,8-9,11-14,17-18,20,26H,3-4,7,10,15-16,19H2,1-2H3/p+1. The maximum atomic E-state index is 12.9. The number of carboxylic acid groups (broad SMARTS) is 1. The van der Waals surface area contributed by atoms with E-state index in [2.05, 4.69) is 36.1 Å². The zero-order valence-corrected chi connectivity index (χ0v) is 20.9. The van der Waals surface area contributed by atoms with E-state index in [9.17, 15) is 9.59 Å². The van der Waals surface area contributed by atoms with Gasteiger partial charge < -0.3 is 14.7 Å². The zero-order valence-electron chi connectivity index (χ0n) is 20.9. The van der Waals surface area contributed by atoms with E-state index in [1.165, 1.54) is 16.9 Å². The number of esters is 1. The molecule has 0 bridgehead atoms. The minimum absolute atomic E-state index is 0.212. The van der Waals surface area contributed by atoms with Gasteiger partial charge in [0, 0.05) is 53.9 Å². The molecule has 2 atom stereocenters. The van der Waals surface area contributed by atoms with E-state index >= 15 is 0 Å². The van der Waals surface area contributed by atoms with E-state index in [0.717, 1.165) is 43.4 Å². The Balaban J connectivity index is 1.51. The molecular weight excluding hydrogens is 452 g/mol. The van der Waals surface area contributed by atoms with Crippen LogP contribution in [0.4, 0.5) is 5.69 Å². The summed E-state index contributed by atoms with van der Waals surface area (Å²) in [4.78, 5) is 26.2. The Labute approximate surface area is 212 Å². The van der Waals surface area contributed by atoms with Crippen LogP contribution in [0.2, 0.25) is 0 Å². The Hall–Kier alpha value is -3.67. The number of ether oxygens (including phenoxy) is 1. The van der Waals surface area contributed by atoms with Gasteiger partial charge in [-0.05, 0) is 49.1 Å². The number of allylic oxidation sites excluding steroid dienone is 1. The topological polar surface area (TPSA) is 70.7 Å². The molecule has 186 valence electrons. The van der Waals surface area contributed by atoms with Gasteiger partial charge in [0.25, 0.3) is 0 Å². The highest BCUT2D eigenvalue weighted by Crippen LogP contribution is 2.54. The molecule has 0 saturated heterocycles. The number of fused-ring (bicyclic) bond motifs is 4. The van der Waals surface area contributed by atoms with Gasteiger partial charge in [-0.1, -0.05) is 37.1 Å². The molecule has 0 radical (unpaired) electrons. The molecule has 3 aliphatic heterocycles. The second-order valence-corrected chi connectivity index (χ2v) is 10.2. The summed E-state index contributed by atoms with van der Waals surface area (Å²) in [6.07, 6.45) is 13.9. The van der Waals surface area contributed by atoms with Crippen LogP contribution in [-0.2, 0) is 26.8 Å². The Morgan fingerprint density at radius 2 is 1.94 bits per heavy atom. The Bertz CT molecular complexity index is 1270. The van der Waals surface area contributed by atoms with E-state index < -0.39 is 5.97 Å². The molecule has 3 aliphatic rings. The van der Waals surface area contributed by atoms with E-state index in [4.69, 9.17) is 9.84 Å². The average molecular weight is 486 g/mol. The molecule has 1 aromatic heterocycles. The number of aliphatic carboxylic acids is 1. The number of para-hydroxylation sites is 1. The highest BCUT2D eigenvalue weighted by molar-refractivity contribution is 5.95. The smallest absolute Gasteiger partial charge is 0.338 e. The van der Waals surface area contributed by atoms with Gasteiger partial charge in [0.1, 0.15) is 13.2 Å². The lowest BCUT2D eigenvalue weighted by atomic mass is 9.74. The Morgan fingerprint density at radius 3 is 2.72 bits per heavy atom. The number of carbonyl (C=O) groups is 2. The Morgan fingerprint density at radius 1 is 1.17 bits per heavy atom. The molecule has 36 heavy (non-hydrogen) atoms. The van der Waals surface area contributed by atoms with Crippen molar-refractivity contribution in [2.24, 2.45) is 7.05 Å². The molecule has 0 aliphatic carbocycles. The number of aromatic nitrogens is 1. The summed E-state index contributed by atoms with van der Waals surface area (Å²) in [5.74, 6) is -1.01. The predicted molar refractivity (Wildman–Crippen MR) is 138 cm³/mol. The molecule has 6 heteroatoms. The average Bonchev–Trinajstić information content (AvgIpc) is 3.12. The fraction of sp³-hybridized carbons (Fsp3) is 0.367. The van der Waals surface area contributed by atoms with Crippen molar-refractivity contribution in [1.29, 1.82) is 0 Å².